The summed E-state index contributed by atoms with van der Waals surface area (Å²) in [6.45, 7) is 2.31. The molecule has 0 spiro atoms. The molecule has 0 aliphatic rings. The first kappa shape index (κ1) is 19.8. The van der Waals surface area contributed by atoms with Crippen molar-refractivity contribution in [3.8, 4) is 5.75 Å². The van der Waals surface area contributed by atoms with Gasteiger partial charge in [-0.15, -0.1) is 0 Å². The summed E-state index contributed by atoms with van der Waals surface area (Å²) in [7, 11) is 1.56. The fraction of sp³-hybridized carbons (Fsp3) is 0.300. The predicted molar refractivity (Wildman–Crippen MR) is 104 cm³/mol. The highest BCUT2D eigenvalue weighted by Crippen LogP contribution is 2.27. The molecule has 0 aliphatic heterocycles. The number of benzene rings is 2. The van der Waals surface area contributed by atoms with Crippen molar-refractivity contribution >= 4 is 29.1 Å². The molecule has 0 saturated heterocycles. The number of para-hydroxylation sites is 2. The standard InChI is InChI=1S/C20H23ClN2O3/c1-15(24)23(18-5-3-4-6-19(18)26-2)14-12-20(25)22-13-11-16-7-9-17(21)10-8-16/h3-10H,11-14H2,1-2H3,(H,22,25). The van der Waals surface area contributed by atoms with Crippen LogP contribution in [0.15, 0.2) is 48.5 Å². The largest absolute Gasteiger partial charge is 0.495 e. The maximum absolute atomic E-state index is 12.1. The molecule has 0 bridgehead atoms. The first-order valence-electron chi connectivity index (χ1n) is 8.43. The lowest BCUT2D eigenvalue weighted by atomic mass is 10.1. The second kappa shape index (κ2) is 9.82. The van der Waals surface area contributed by atoms with Crippen LogP contribution >= 0.6 is 11.6 Å². The molecule has 0 unspecified atom stereocenters. The number of carbonyl (C=O) groups is 2. The molecule has 2 aromatic carbocycles. The summed E-state index contributed by atoms with van der Waals surface area (Å²) in [4.78, 5) is 25.6. The van der Waals surface area contributed by atoms with Crippen LogP contribution in [0, 0.1) is 0 Å². The Hall–Kier alpha value is -2.53. The molecule has 0 radical (unpaired) electrons. The van der Waals surface area contributed by atoms with E-state index in [-0.39, 0.29) is 18.2 Å². The third-order valence-electron chi connectivity index (χ3n) is 3.97. The van der Waals surface area contributed by atoms with Gasteiger partial charge in [0, 0.05) is 31.5 Å². The van der Waals surface area contributed by atoms with Gasteiger partial charge < -0.3 is 15.0 Å². The first-order valence-corrected chi connectivity index (χ1v) is 8.81. The lowest BCUT2D eigenvalue weighted by Crippen LogP contribution is -2.34. The lowest BCUT2D eigenvalue weighted by Gasteiger charge is -2.23. The van der Waals surface area contributed by atoms with Crippen LogP contribution in [0.5, 0.6) is 5.75 Å². The van der Waals surface area contributed by atoms with E-state index in [1.807, 2.05) is 36.4 Å². The van der Waals surface area contributed by atoms with Gasteiger partial charge in [0.25, 0.3) is 0 Å². The van der Waals surface area contributed by atoms with Crippen molar-refractivity contribution in [2.24, 2.45) is 0 Å². The fourth-order valence-electron chi connectivity index (χ4n) is 2.60. The molecule has 0 atom stereocenters. The third kappa shape index (κ3) is 5.77. The van der Waals surface area contributed by atoms with Gasteiger partial charge in [0.2, 0.25) is 11.8 Å². The minimum atomic E-state index is -0.136. The van der Waals surface area contributed by atoms with Crippen LogP contribution in [0.1, 0.15) is 18.9 Å². The van der Waals surface area contributed by atoms with E-state index in [1.54, 1.807) is 24.1 Å². The number of hydrogen-bond donors (Lipinski definition) is 1. The summed E-state index contributed by atoms with van der Waals surface area (Å²) in [6, 6.07) is 14.8. The van der Waals surface area contributed by atoms with E-state index in [9.17, 15) is 9.59 Å². The van der Waals surface area contributed by atoms with Gasteiger partial charge in [-0.1, -0.05) is 35.9 Å². The van der Waals surface area contributed by atoms with Crippen molar-refractivity contribution in [3.05, 3.63) is 59.1 Å². The molecule has 5 nitrogen and oxygen atoms in total. The Morgan fingerprint density at radius 3 is 2.46 bits per heavy atom. The van der Waals surface area contributed by atoms with Crippen molar-refractivity contribution in [1.29, 1.82) is 0 Å². The summed E-state index contributed by atoms with van der Waals surface area (Å²) >= 11 is 5.85. The minimum absolute atomic E-state index is 0.0971. The van der Waals surface area contributed by atoms with Crippen LogP contribution < -0.4 is 15.0 Å². The van der Waals surface area contributed by atoms with Crippen molar-refractivity contribution in [1.82, 2.24) is 5.32 Å². The van der Waals surface area contributed by atoms with Crippen LogP contribution in [0.3, 0.4) is 0 Å². The minimum Gasteiger partial charge on any atom is -0.495 e. The molecule has 138 valence electrons. The molecule has 2 amide bonds. The Balaban J connectivity index is 1.85. The number of hydrogen-bond acceptors (Lipinski definition) is 3. The molecule has 0 aliphatic carbocycles. The van der Waals surface area contributed by atoms with E-state index in [0.717, 1.165) is 12.0 Å². The highest BCUT2D eigenvalue weighted by molar-refractivity contribution is 6.30. The van der Waals surface area contributed by atoms with E-state index in [1.165, 1.54) is 6.92 Å². The van der Waals surface area contributed by atoms with Crippen LogP contribution in [-0.4, -0.2) is 32.0 Å². The topological polar surface area (TPSA) is 58.6 Å². The highest BCUT2D eigenvalue weighted by Gasteiger charge is 2.16. The Morgan fingerprint density at radius 1 is 1.12 bits per heavy atom. The zero-order valence-electron chi connectivity index (χ0n) is 15.0. The predicted octanol–water partition coefficient (Wildman–Crippen LogP) is 3.45. The van der Waals surface area contributed by atoms with E-state index in [2.05, 4.69) is 5.32 Å². The average molecular weight is 375 g/mol. The molecule has 0 aromatic heterocycles. The number of ether oxygens (including phenoxy) is 1. The Bertz CT molecular complexity index is 747. The van der Waals surface area contributed by atoms with E-state index in [4.69, 9.17) is 16.3 Å². The lowest BCUT2D eigenvalue weighted by molar-refractivity contribution is -0.121. The Labute approximate surface area is 158 Å². The molecule has 26 heavy (non-hydrogen) atoms. The number of nitrogens with one attached hydrogen (secondary N) is 1. The fourth-order valence-corrected chi connectivity index (χ4v) is 2.73. The number of nitrogens with zero attached hydrogens (tertiary/aromatic N) is 1. The number of amides is 2. The zero-order chi connectivity index (χ0) is 18.9. The van der Waals surface area contributed by atoms with Gasteiger partial charge in [0.1, 0.15) is 5.75 Å². The summed E-state index contributed by atoms with van der Waals surface area (Å²) in [5.41, 5.74) is 1.77. The molecule has 0 saturated carbocycles. The molecule has 6 heteroatoms. The van der Waals surface area contributed by atoms with Crippen molar-refractivity contribution in [2.75, 3.05) is 25.1 Å². The molecule has 2 aromatic rings. The second-order valence-corrected chi connectivity index (χ2v) is 6.26. The maximum Gasteiger partial charge on any atom is 0.223 e. The van der Waals surface area contributed by atoms with Crippen molar-refractivity contribution < 1.29 is 14.3 Å². The maximum atomic E-state index is 12.1. The quantitative estimate of drug-likeness (QED) is 0.769. The molecule has 1 N–H and O–H groups in total. The van der Waals surface area contributed by atoms with E-state index in [0.29, 0.717) is 29.5 Å². The first-order chi connectivity index (χ1) is 12.5. The summed E-state index contributed by atoms with van der Waals surface area (Å²) in [5, 5.41) is 3.57. The smallest absolute Gasteiger partial charge is 0.223 e. The van der Waals surface area contributed by atoms with Gasteiger partial charge in [-0.3, -0.25) is 9.59 Å². The summed E-state index contributed by atoms with van der Waals surface area (Å²) in [5.74, 6) is 0.370. The van der Waals surface area contributed by atoms with Crippen LogP contribution in [0.25, 0.3) is 0 Å². The summed E-state index contributed by atoms with van der Waals surface area (Å²) < 4.78 is 5.30. The van der Waals surface area contributed by atoms with Gasteiger partial charge in [-0.2, -0.15) is 0 Å². The van der Waals surface area contributed by atoms with E-state index >= 15 is 0 Å². The average Bonchev–Trinajstić information content (AvgIpc) is 2.63. The van der Waals surface area contributed by atoms with Crippen LogP contribution in [0.2, 0.25) is 5.02 Å². The van der Waals surface area contributed by atoms with Crippen molar-refractivity contribution in [2.45, 2.75) is 19.8 Å². The van der Waals surface area contributed by atoms with Crippen LogP contribution in [0.4, 0.5) is 5.69 Å². The number of anilines is 1. The van der Waals surface area contributed by atoms with Gasteiger partial charge in [-0.05, 0) is 36.2 Å². The molecule has 2 rings (SSSR count). The monoisotopic (exact) mass is 374 g/mol. The SMILES string of the molecule is COc1ccccc1N(CCC(=O)NCCc1ccc(Cl)cc1)C(C)=O. The normalized spacial score (nSPS) is 10.3. The Morgan fingerprint density at radius 2 is 1.81 bits per heavy atom. The van der Waals surface area contributed by atoms with Crippen molar-refractivity contribution in [3.63, 3.8) is 0 Å². The van der Waals surface area contributed by atoms with Crippen LogP contribution in [-0.2, 0) is 16.0 Å². The van der Waals surface area contributed by atoms with Gasteiger partial charge in [0.15, 0.2) is 0 Å². The third-order valence-corrected chi connectivity index (χ3v) is 4.22. The van der Waals surface area contributed by atoms with Gasteiger partial charge >= 0.3 is 0 Å². The number of rotatable bonds is 8. The second-order valence-electron chi connectivity index (χ2n) is 5.82. The summed E-state index contributed by atoms with van der Waals surface area (Å²) in [6.07, 6.45) is 0.948. The molecule has 0 fully saturated rings. The van der Waals surface area contributed by atoms with Gasteiger partial charge in [-0.25, -0.2) is 0 Å². The zero-order valence-corrected chi connectivity index (χ0v) is 15.8. The molecular weight excluding hydrogens is 352 g/mol. The highest BCUT2D eigenvalue weighted by atomic mass is 35.5. The molecular formula is C20H23ClN2O3. The number of halogens is 1. The molecule has 0 heterocycles. The van der Waals surface area contributed by atoms with E-state index < -0.39 is 0 Å². The number of methoxy groups -OCH3 is 1. The van der Waals surface area contributed by atoms with Gasteiger partial charge in [0.05, 0.1) is 12.8 Å². The Kier molecular flexibility index (Phi) is 7.48. The number of carbonyl (C=O) groups excluding carboxylic acids is 2.